The van der Waals surface area contributed by atoms with Crippen LogP contribution in [0.25, 0.3) is 0 Å². The molecule has 2 aromatic rings. The Morgan fingerprint density at radius 2 is 1.67 bits per heavy atom. The number of rotatable bonds is 5. The highest BCUT2D eigenvalue weighted by atomic mass is 79.9. The highest BCUT2D eigenvalue weighted by Crippen LogP contribution is 2.25. The van der Waals surface area contributed by atoms with Gasteiger partial charge in [0.25, 0.3) is 6.43 Å². The Kier molecular flexibility index (Phi) is 5.25. The number of anilines is 1. The molecule has 112 valence electrons. The lowest BCUT2D eigenvalue weighted by atomic mass is 10.0. The van der Waals surface area contributed by atoms with Gasteiger partial charge in [-0.1, -0.05) is 24.3 Å². The average molecular weight is 359 g/mol. The summed E-state index contributed by atoms with van der Waals surface area (Å²) in [6.07, 6.45) is -2.49. The molecule has 0 aliphatic rings. The van der Waals surface area contributed by atoms with Crippen molar-refractivity contribution in [3.05, 3.63) is 63.9 Å². The molecule has 0 saturated carbocycles. The lowest BCUT2D eigenvalue weighted by Crippen LogP contribution is -2.20. The Morgan fingerprint density at radius 3 is 2.19 bits per heavy atom. The third kappa shape index (κ3) is 3.98. The molecule has 3 N–H and O–H groups in total. The maximum atomic E-state index is 13.2. The molecule has 2 aromatic carbocycles. The molecule has 2 rings (SSSR count). The summed E-state index contributed by atoms with van der Waals surface area (Å²) in [4.78, 5) is 0. The molecule has 1 unspecified atom stereocenters. The van der Waals surface area contributed by atoms with Crippen molar-refractivity contribution in [1.82, 2.24) is 0 Å². The number of hydrogen-bond acceptors (Lipinski definition) is 2. The smallest absolute Gasteiger partial charge is 0.263 e. The Hall–Kier alpha value is -1.53. The van der Waals surface area contributed by atoms with Crippen LogP contribution in [0.2, 0.25) is 0 Å². The lowest BCUT2D eigenvalue weighted by molar-refractivity contribution is 0.151. The first-order valence-electron chi connectivity index (χ1n) is 6.31. The van der Waals surface area contributed by atoms with E-state index in [2.05, 4.69) is 21.2 Å². The Bertz CT molecular complexity index is 602. The van der Waals surface area contributed by atoms with Crippen LogP contribution in [0.15, 0.2) is 46.9 Å². The van der Waals surface area contributed by atoms with Gasteiger partial charge in [0.05, 0.1) is 10.5 Å². The van der Waals surface area contributed by atoms with Gasteiger partial charge in [-0.15, -0.1) is 0 Å². The van der Waals surface area contributed by atoms with Crippen LogP contribution >= 0.6 is 15.9 Å². The SMILES string of the molecule is NCC(Nc1ccc(F)c(Br)c1)c1ccc(C(F)F)cc1. The third-order valence-electron chi connectivity index (χ3n) is 3.09. The minimum absolute atomic E-state index is 0.0287. The molecule has 0 aromatic heterocycles. The third-order valence-corrected chi connectivity index (χ3v) is 3.69. The number of hydrogen-bond donors (Lipinski definition) is 2. The van der Waals surface area contributed by atoms with Gasteiger partial charge in [-0.2, -0.15) is 0 Å². The fourth-order valence-corrected chi connectivity index (χ4v) is 2.32. The summed E-state index contributed by atoms with van der Waals surface area (Å²) in [5.41, 5.74) is 7.18. The molecule has 0 bridgehead atoms. The Balaban J connectivity index is 2.17. The van der Waals surface area contributed by atoms with Gasteiger partial charge in [0.2, 0.25) is 0 Å². The first-order chi connectivity index (χ1) is 10.0. The van der Waals surface area contributed by atoms with Gasteiger partial charge in [0.15, 0.2) is 0 Å². The Morgan fingerprint density at radius 1 is 1.05 bits per heavy atom. The zero-order valence-corrected chi connectivity index (χ0v) is 12.6. The van der Waals surface area contributed by atoms with Crippen molar-refractivity contribution >= 4 is 21.6 Å². The molecule has 0 aliphatic carbocycles. The summed E-state index contributed by atoms with van der Waals surface area (Å²) in [6.45, 7) is 0.281. The minimum atomic E-state index is -2.49. The normalized spacial score (nSPS) is 12.5. The summed E-state index contributed by atoms with van der Waals surface area (Å²) in [6, 6.07) is 10.3. The second-order valence-electron chi connectivity index (χ2n) is 4.53. The van der Waals surface area contributed by atoms with Gasteiger partial charge in [-0.3, -0.25) is 0 Å². The standard InChI is InChI=1S/C15H14BrF3N2/c16-12-7-11(5-6-13(12)17)21-14(8-20)9-1-3-10(4-2-9)15(18)19/h1-7,14-15,21H,8,20H2. The second-order valence-corrected chi connectivity index (χ2v) is 5.38. The molecule has 0 spiro atoms. The van der Waals surface area contributed by atoms with E-state index in [0.29, 0.717) is 10.2 Å². The number of nitrogens with one attached hydrogen (secondary N) is 1. The van der Waals surface area contributed by atoms with Crippen molar-refractivity contribution in [1.29, 1.82) is 0 Å². The molecule has 0 radical (unpaired) electrons. The molecular formula is C15H14BrF3N2. The van der Waals surface area contributed by atoms with Crippen molar-refractivity contribution < 1.29 is 13.2 Å². The van der Waals surface area contributed by atoms with E-state index in [9.17, 15) is 13.2 Å². The van der Waals surface area contributed by atoms with E-state index in [-0.39, 0.29) is 24.0 Å². The topological polar surface area (TPSA) is 38.0 Å². The highest BCUT2D eigenvalue weighted by Gasteiger charge is 2.12. The predicted molar refractivity (Wildman–Crippen MR) is 80.9 cm³/mol. The summed E-state index contributed by atoms with van der Waals surface area (Å²) in [7, 11) is 0. The van der Waals surface area contributed by atoms with Crippen LogP contribution in [0.4, 0.5) is 18.9 Å². The van der Waals surface area contributed by atoms with Crippen molar-refractivity contribution in [2.45, 2.75) is 12.5 Å². The Labute approximate surface area is 129 Å². The van der Waals surface area contributed by atoms with Crippen molar-refractivity contribution in [2.24, 2.45) is 5.73 Å². The van der Waals surface area contributed by atoms with Crippen LogP contribution in [0.5, 0.6) is 0 Å². The molecular weight excluding hydrogens is 345 g/mol. The zero-order chi connectivity index (χ0) is 15.4. The number of benzene rings is 2. The maximum Gasteiger partial charge on any atom is 0.263 e. The van der Waals surface area contributed by atoms with Gasteiger partial charge in [-0.25, -0.2) is 13.2 Å². The largest absolute Gasteiger partial charge is 0.377 e. The van der Waals surface area contributed by atoms with Crippen LogP contribution in [0.3, 0.4) is 0 Å². The van der Waals surface area contributed by atoms with E-state index in [0.717, 1.165) is 5.56 Å². The van der Waals surface area contributed by atoms with Gasteiger partial charge >= 0.3 is 0 Å². The van der Waals surface area contributed by atoms with Crippen LogP contribution in [-0.2, 0) is 0 Å². The van der Waals surface area contributed by atoms with E-state index < -0.39 is 6.43 Å². The predicted octanol–water partition coefficient (Wildman–Crippen LogP) is 4.64. The van der Waals surface area contributed by atoms with E-state index in [1.807, 2.05) is 0 Å². The zero-order valence-electron chi connectivity index (χ0n) is 11.0. The first-order valence-corrected chi connectivity index (χ1v) is 7.10. The van der Waals surface area contributed by atoms with Crippen LogP contribution in [0.1, 0.15) is 23.6 Å². The first kappa shape index (κ1) is 15.9. The van der Waals surface area contributed by atoms with Crippen LogP contribution < -0.4 is 11.1 Å². The van der Waals surface area contributed by atoms with E-state index >= 15 is 0 Å². The molecule has 21 heavy (non-hydrogen) atoms. The van der Waals surface area contributed by atoms with Gasteiger partial charge in [0.1, 0.15) is 5.82 Å². The van der Waals surface area contributed by atoms with Gasteiger partial charge in [-0.05, 0) is 39.7 Å². The number of halogens is 4. The average Bonchev–Trinajstić information content (AvgIpc) is 2.48. The quantitative estimate of drug-likeness (QED) is 0.817. The molecule has 0 saturated heterocycles. The number of nitrogens with two attached hydrogens (primary N) is 1. The summed E-state index contributed by atoms with van der Waals surface area (Å²) < 4.78 is 38.6. The molecule has 0 amide bonds. The molecule has 1 atom stereocenters. The van der Waals surface area contributed by atoms with Gasteiger partial charge in [0, 0.05) is 17.8 Å². The van der Waals surface area contributed by atoms with Crippen molar-refractivity contribution in [3.8, 4) is 0 Å². The van der Waals surface area contributed by atoms with E-state index in [1.165, 1.54) is 18.2 Å². The van der Waals surface area contributed by atoms with Gasteiger partial charge < -0.3 is 11.1 Å². The molecule has 0 fully saturated rings. The fraction of sp³-hybridized carbons (Fsp3) is 0.200. The summed E-state index contributed by atoms with van der Waals surface area (Å²) in [5, 5.41) is 3.15. The molecule has 0 heterocycles. The van der Waals surface area contributed by atoms with Crippen molar-refractivity contribution in [2.75, 3.05) is 11.9 Å². The summed E-state index contributed by atoms with van der Waals surface area (Å²) >= 11 is 3.11. The van der Waals surface area contributed by atoms with E-state index in [1.54, 1.807) is 24.3 Å². The molecule has 6 heteroatoms. The number of alkyl halides is 2. The van der Waals surface area contributed by atoms with Crippen LogP contribution in [0, 0.1) is 5.82 Å². The molecule has 2 nitrogen and oxygen atoms in total. The maximum absolute atomic E-state index is 13.2. The van der Waals surface area contributed by atoms with Crippen LogP contribution in [-0.4, -0.2) is 6.54 Å². The monoisotopic (exact) mass is 358 g/mol. The fourth-order valence-electron chi connectivity index (χ4n) is 1.94. The van der Waals surface area contributed by atoms with Crippen molar-refractivity contribution in [3.63, 3.8) is 0 Å². The van der Waals surface area contributed by atoms with E-state index in [4.69, 9.17) is 5.73 Å². The molecule has 0 aliphatic heterocycles. The minimum Gasteiger partial charge on any atom is -0.377 e. The summed E-state index contributed by atoms with van der Waals surface area (Å²) in [5.74, 6) is -0.355. The lowest BCUT2D eigenvalue weighted by Gasteiger charge is -2.19. The second kappa shape index (κ2) is 6.95. The highest BCUT2D eigenvalue weighted by molar-refractivity contribution is 9.10.